The predicted octanol–water partition coefficient (Wildman–Crippen LogP) is 3.00. The zero-order chi connectivity index (χ0) is 41.5. The van der Waals surface area contributed by atoms with Crippen LogP contribution in [0.5, 0.6) is 0 Å². The van der Waals surface area contributed by atoms with Gasteiger partial charge in [-0.1, -0.05) is 5.11 Å². The zero-order valence-electron chi connectivity index (χ0n) is 32.0. The lowest BCUT2D eigenvalue weighted by Gasteiger charge is -2.21. The highest BCUT2D eigenvalue weighted by Gasteiger charge is 2.29. The third-order valence-electron chi connectivity index (χ3n) is 8.18. The normalized spacial score (nSPS) is 11.0. The number of carbonyl (C=O) groups excluding carboxylic acids is 3. The summed E-state index contributed by atoms with van der Waals surface area (Å²) in [4.78, 5) is 54.6. The van der Waals surface area contributed by atoms with E-state index in [0.29, 0.717) is 21.7 Å². The second kappa shape index (κ2) is 24.9. The minimum atomic E-state index is -4.38. The third-order valence-corrected chi connectivity index (χ3v) is 9.96. The van der Waals surface area contributed by atoms with Gasteiger partial charge >= 0.3 is 5.63 Å². The average molecular weight is 813 g/mol. The number of benzene rings is 2. The van der Waals surface area contributed by atoms with E-state index in [1.54, 1.807) is 12.1 Å². The van der Waals surface area contributed by atoms with Gasteiger partial charge in [0.15, 0.2) is 0 Å². The van der Waals surface area contributed by atoms with Crippen LogP contribution in [0.4, 0.5) is 5.69 Å². The van der Waals surface area contributed by atoms with Gasteiger partial charge in [0.2, 0.25) is 5.91 Å². The van der Waals surface area contributed by atoms with Crippen LogP contribution in [0.3, 0.4) is 0 Å². The number of sulfonamides is 1. The van der Waals surface area contributed by atoms with Gasteiger partial charge in [-0.2, -0.15) is 5.26 Å². The summed E-state index contributed by atoms with van der Waals surface area (Å²) in [5.74, 6) is -1.85. The summed E-state index contributed by atoms with van der Waals surface area (Å²) < 4.78 is 53.8. The molecule has 0 aliphatic rings. The number of nitrogens with zero attached hydrogens (tertiary/aromatic N) is 6. The van der Waals surface area contributed by atoms with Gasteiger partial charge < -0.3 is 38.9 Å². The van der Waals surface area contributed by atoms with Crippen molar-refractivity contribution in [3.8, 4) is 6.07 Å². The second-order valence-electron chi connectivity index (χ2n) is 11.9. The first-order valence-corrected chi connectivity index (χ1v) is 19.7. The fraction of sp³-hybridized carbons (Fsp3) is 0.486. The van der Waals surface area contributed by atoms with Gasteiger partial charge in [0, 0.05) is 60.3 Å². The summed E-state index contributed by atoms with van der Waals surface area (Å²) in [6, 6.07) is 13.7. The van der Waals surface area contributed by atoms with Crippen LogP contribution in [0.2, 0.25) is 0 Å². The van der Waals surface area contributed by atoms with E-state index in [9.17, 15) is 32.9 Å². The quantitative estimate of drug-likeness (QED) is 0.0281. The molecule has 57 heavy (non-hydrogen) atoms. The van der Waals surface area contributed by atoms with Gasteiger partial charge in [-0.25, -0.2) is 17.5 Å². The lowest BCUT2D eigenvalue weighted by Crippen LogP contribution is -2.37. The molecular weight excluding hydrogens is 765 g/mol. The van der Waals surface area contributed by atoms with Crippen molar-refractivity contribution in [1.29, 1.82) is 5.26 Å². The number of rotatable bonds is 27. The van der Waals surface area contributed by atoms with Gasteiger partial charge in [0.25, 0.3) is 21.8 Å². The number of azide groups is 1. The first kappa shape index (κ1) is 45.8. The highest BCUT2D eigenvalue weighted by molar-refractivity contribution is 7.89. The van der Waals surface area contributed by atoms with Crippen molar-refractivity contribution in [2.75, 3.05) is 97.0 Å². The molecule has 0 bridgehead atoms. The van der Waals surface area contributed by atoms with Crippen molar-refractivity contribution in [3.63, 3.8) is 0 Å². The Balaban J connectivity index is 1.24. The summed E-state index contributed by atoms with van der Waals surface area (Å²) in [6.07, 6.45) is 0.128. The van der Waals surface area contributed by atoms with Crippen LogP contribution in [-0.4, -0.2) is 123 Å². The molecule has 20 heteroatoms. The van der Waals surface area contributed by atoms with Crippen LogP contribution in [0.1, 0.15) is 47.4 Å². The SMILES string of the molecule is CCN(CC)c1ccc2cc(C(=O)NCCOCCOCCOCCOCCC(=O)N(CC#N)S(=O)(=O)c3ccc(C(=O)NCCCN=[N+]=[N-])cc3)c(=O)oc2c1. The van der Waals surface area contributed by atoms with Gasteiger partial charge in [0.05, 0.1) is 70.2 Å². The molecule has 0 unspecified atom stereocenters. The Hall–Kier alpha value is -5.55. The minimum Gasteiger partial charge on any atom is -0.422 e. The standard InChI is InChI=1S/C37H48N8O11S/c1-3-44(4-2)30-9-6-29-26-32(37(49)56-33(29)27-30)36(48)41-16-19-53-21-23-55-25-24-54-22-20-52-18-12-34(46)45(17-13-38)57(50,51)31-10-7-28(8-11-31)35(47)40-14-5-15-42-43-39/h6-11,26-27H,3-5,12,14-25H2,1-2H3,(H,40,47)(H,41,48). The molecule has 0 aliphatic heterocycles. The highest BCUT2D eigenvalue weighted by atomic mass is 32.2. The lowest BCUT2D eigenvalue weighted by molar-refractivity contribution is -0.127. The zero-order valence-corrected chi connectivity index (χ0v) is 32.8. The fourth-order valence-electron chi connectivity index (χ4n) is 5.20. The van der Waals surface area contributed by atoms with E-state index < -0.39 is 39.9 Å². The van der Waals surface area contributed by atoms with E-state index in [0.717, 1.165) is 18.8 Å². The Morgan fingerprint density at radius 2 is 1.47 bits per heavy atom. The molecule has 3 rings (SSSR count). The molecule has 1 heterocycles. The topological polar surface area (TPSA) is 256 Å². The van der Waals surface area contributed by atoms with Crippen LogP contribution < -0.4 is 21.2 Å². The molecule has 0 atom stereocenters. The fourth-order valence-corrected chi connectivity index (χ4v) is 6.52. The number of nitriles is 1. The molecule has 0 spiro atoms. The maximum atomic E-state index is 13.1. The van der Waals surface area contributed by atoms with E-state index in [1.165, 1.54) is 30.3 Å². The number of anilines is 1. The summed E-state index contributed by atoms with van der Waals surface area (Å²) in [5.41, 5.74) is 9.01. The monoisotopic (exact) mass is 812 g/mol. The van der Waals surface area contributed by atoms with Gasteiger partial charge in [-0.3, -0.25) is 14.4 Å². The van der Waals surface area contributed by atoms with Crippen LogP contribution in [0.15, 0.2) is 67.8 Å². The third kappa shape index (κ3) is 14.8. The van der Waals surface area contributed by atoms with Crippen molar-refractivity contribution >= 4 is 44.4 Å². The molecule has 1 aromatic heterocycles. The van der Waals surface area contributed by atoms with E-state index in [1.807, 2.05) is 26.0 Å². The average Bonchev–Trinajstić information content (AvgIpc) is 3.21. The maximum Gasteiger partial charge on any atom is 0.349 e. The molecule has 2 aromatic carbocycles. The Morgan fingerprint density at radius 3 is 2.09 bits per heavy atom. The predicted molar refractivity (Wildman–Crippen MR) is 208 cm³/mol. The maximum absolute atomic E-state index is 13.1. The first-order valence-electron chi connectivity index (χ1n) is 18.3. The molecule has 3 amide bonds. The van der Waals surface area contributed by atoms with Crippen molar-refractivity contribution in [1.82, 2.24) is 14.9 Å². The number of hydrogen-bond acceptors (Lipinski definition) is 14. The van der Waals surface area contributed by atoms with Crippen LogP contribution in [-0.2, 0) is 33.8 Å². The number of ether oxygens (including phenoxy) is 4. The Morgan fingerprint density at radius 1 is 0.860 bits per heavy atom. The molecule has 308 valence electrons. The Kier molecular flexibility index (Phi) is 20.0. The first-order chi connectivity index (χ1) is 27.6. The molecule has 0 saturated heterocycles. The summed E-state index contributed by atoms with van der Waals surface area (Å²) in [7, 11) is -4.38. The van der Waals surface area contributed by atoms with Gasteiger partial charge in [-0.15, -0.1) is 0 Å². The molecule has 0 aliphatic carbocycles. The molecule has 0 radical (unpaired) electrons. The number of nitrogens with one attached hydrogen (secondary N) is 2. The summed E-state index contributed by atoms with van der Waals surface area (Å²) >= 11 is 0. The number of carbonyl (C=O) groups is 3. The number of hydrogen-bond donors (Lipinski definition) is 2. The minimum absolute atomic E-state index is 0.0874. The summed E-state index contributed by atoms with van der Waals surface area (Å²) in [5, 5.41) is 18.5. The van der Waals surface area contributed by atoms with Gasteiger partial charge in [-0.05, 0) is 68.3 Å². The van der Waals surface area contributed by atoms with E-state index in [-0.39, 0.29) is 94.9 Å². The van der Waals surface area contributed by atoms with Gasteiger partial charge in [0.1, 0.15) is 17.7 Å². The van der Waals surface area contributed by atoms with Crippen LogP contribution >= 0.6 is 0 Å². The molecule has 0 saturated carbocycles. The molecule has 19 nitrogen and oxygen atoms in total. The lowest BCUT2D eigenvalue weighted by atomic mass is 10.1. The highest BCUT2D eigenvalue weighted by Crippen LogP contribution is 2.22. The Bertz CT molecular complexity index is 2030. The van der Waals surface area contributed by atoms with Crippen molar-refractivity contribution < 1.29 is 46.2 Å². The second-order valence-corrected chi connectivity index (χ2v) is 13.8. The van der Waals surface area contributed by atoms with Crippen LogP contribution in [0, 0.1) is 11.3 Å². The number of amides is 3. The van der Waals surface area contributed by atoms with E-state index in [4.69, 9.17) is 28.9 Å². The van der Waals surface area contributed by atoms with E-state index in [2.05, 4.69) is 25.6 Å². The van der Waals surface area contributed by atoms with Crippen LogP contribution in [0.25, 0.3) is 21.4 Å². The van der Waals surface area contributed by atoms with Crippen molar-refractivity contribution in [2.45, 2.75) is 31.6 Å². The largest absolute Gasteiger partial charge is 0.422 e. The van der Waals surface area contributed by atoms with Crippen molar-refractivity contribution in [2.24, 2.45) is 5.11 Å². The van der Waals surface area contributed by atoms with Crippen molar-refractivity contribution in [3.05, 3.63) is 80.5 Å². The molecule has 0 fully saturated rings. The molecule has 3 aromatic rings. The summed E-state index contributed by atoms with van der Waals surface area (Å²) in [6.45, 7) is 7.13. The molecular formula is C37H48N8O11S. The molecule has 2 N–H and O–H groups in total. The smallest absolute Gasteiger partial charge is 0.349 e. The van der Waals surface area contributed by atoms with E-state index >= 15 is 0 Å². The Labute approximate surface area is 330 Å². The number of fused-ring (bicyclic) bond motifs is 1.